The smallest absolute Gasteiger partial charge is 0.277 e. The molecule has 0 saturated carbocycles. The van der Waals surface area contributed by atoms with Gasteiger partial charge in [-0.2, -0.15) is 0 Å². The van der Waals surface area contributed by atoms with Gasteiger partial charge in [0.2, 0.25) is 0 Å². The molecule has 0 aliphatic heterocycles. The molecule has 0 spiro atoms. The Kier molecular flexibility index (Phi) is 8.73. The fraction of sp³-hybridized carbons (Fsp3) is 1.00. The minimum Gasteiger partial charge on any atom is -0.388 e. The van der Waals surface area contributed by atoms with Gasteiger partial charge in [-0.15, -0.1) is 0 Å². The van der Waals surface area contributed by atoms with E-state index in [0.717, 1.165) is 0 Å². The molecule has 0 amide bonds. The Morgan fingerprint density at radius 3 is 2.38 bits per heavy atom. The minimum atomic E-state index is -2.09. The first-order valence-corrected chi connectivity index (χ1v) is 5.35. The predicted octanol–water partition coefficient (Wildman–Crippen LogP) is -0.535. The van der Waals surface area contributed by atoms with E-state index in [-0.39, 0.29) is 19.6 Å². The number of hydrogen-bond donors (Lipinski definition) is 3. The van der Waals surface area contributed by atoms with Crippen LogP contribution in [0.1, 0.15) is 19.8 Å². The Morgan fingerprint density at radius 2 is 1.81 bits per heavy atom. The fourth-order valence-electron chi connectivity index (χ4n) is 1.03. The minimum absolute atomic E-state index is 0.0606. The quantitative estimate of drug-likeness (QED) is 0.350. The molecule has 6 heteroatoms. The van der Waals surface area contributed by atoms with Crippen molar-refractivity contribution >= 4 is 0 Å². The molecule has 0 heterocycles. The van der Waals surface area contributed by atoms with Crippen LogP contribution in [-0.4, -0.2) is 60.9 Å². The normalized spacial score (nSPS) is 14.1. The van der Waals surface area contributed by atoms with Crippen molar-refractivity contribution in [2.24, 2.45) is 0 Å². The summed E-state index contributed by atoms with van der Waals surface area (Å²) in [7, 11) is 1.21. The highest BCUT2D eigenvalue weighted by atomic mass is 16.8. The van der Waals surface area contributed by atoms with E-state index in [0.29, 0.717) is 19.6 Å². The van der Waals surface area contributed by atoms with Crippen molar-refractivity contribution in [3.8, 4) is 0 Å². The molecule has 3 N–H and O–H groups in total. The second-order valence-corrected chi connectivity index (χ2v) is 3.44. The van der Waals surface area contributed by atoms with Gasteiger partial charge in [-0.25, -0.2) is 0 Å². The molecular weight excluding hydrogens is 216 g/mol. The van der Waals surface area contributed by atoms with E-state index in [4.69, 9.17) is 19.7 Å². The zero-order valence-corrected chi connectivity index (χ0v) is 9.89. The van der Waals surface area contributed by atoms with E-state index in [1.54, 1.807) is 0 Å². The Labute approximate surface area is 95.7 Å². The van der Waals surface area contributed by atoms with Gasteiger partial charge in [0.1, 0.15) is 6.10 Å². The summed E-state index contributed by atoms with van der Waals surface area (Å²) in [5.74, 6) is -2.09. The number of rotatable bonds is 10. The summed E-state index contributed by atoms with van der Waals surface area (Å²) in [5, 5.41) is 27.4. The third kappa shape index (κ3) is 9.02. The van der Waals surface area contributed by atoms with Crippen molar-refractivity contribution in [2.45, 2.75) is 31.8 Å². The second kappa shape index (κ2) is 8.86. The average molecular weight is 238 g/mol. The molecule has 0 aliphatic carbocycles. The second-order valence-electron chi connectivity index (χ2n) is 3.44. The number of aliphatic hydroxyl groups is 3. The maximum absolute atomic E-state index is 9.31. The van der Waals surface area contributed by atoms with E-state index in [9.17, 15) is 5.11 Å². The van der Waals surface area contributed by atoms with E-state index < -0.39 is 12.1 Å². The van der Waals surface area contributed by atoms with Crippen molar-refractivity contribution < 1.29 is 29.5 Å². The van der Waals surface area contributed by atoms with Crippen molar-refractivity contribution in [2.75, 3.05) is 33.5 Å². The summed E-state index contributed by atoms with van der Waals surface area (Å²) in [6.07, 6.45) is -0.150. The molecule has 0 bridgehead atoms. The topological polar surface area (TPSA) is 88.4 Å². The van der Waals surface area contributed by atoms with Gasteiger partial charge in [-0.05, 0) is 13.3 Å². The lowest BCUT2D eigenvalue weighted by atomic mass is 10.3. The highest BCUT2D eigenvalue weighted by Gasteiger charge is 2.20. The molecular formula is C10H22O6. The van der Waals surface area contributed by atoms with Gasteiger partial charge < -0.3 is 29.5 Å². The van der Waals surface area contributed by atoms with Gasteiger partial charge in [0.15, 0.2) is 0 Å². The van der Waals surface area contributed by atoms with Gasteiger partial charge in [-0.1, -0.05) is 0 Å². The Balaban J connectivity index is 3.33. The number of methoxy groups -OCH3 is 1. The summed E-state index contributed by atoms with van der Waals surface area (Å²) in [6.45, 7) is 3.16. The molecule has 1 unspecified atom stereocenters. The van der Waals surface area contributed by atoms with Gasteiger partial charge in [0.05, 0.1) is 13.2 Å². The van der Waals surface area contributed by atoms with E-state index in [1.807, 2.05) is 6.92 Å². The van der Waals surface area contributed by atoms with Gasteiger partial charge in [0.25, 0.3) is 5.97 Å². The first kappa shape index (κ1) is 15.8. The maximum Gasteiger partial charge on any atom is 0.277 e. The zero-order valence-electron chi connectivity index (χ0n) is 9.89. The molecule has 0 fully saturated rings. The van der Waals surface area contributed by atoms with Crippen LogP contribution in [0.5, 0.6) is 0 Å². The van der Waals surface area contributed by atoms with Gasteiger partial charge in [0, 0.05) is 26.7 Å². The highest BCUT2D eigenvalue weighted by Crippen LogP contribution is 2.08. The van der Waals surface area contributed by atoms with Gasteiger partial charge >= 0.3 is 0 Å². The molecule has 0 radical (unpaired) electrons. The van der Waals surface area contributed by atoms with Crippen LogP contribution in [0.4, 0.5) is 0 Å². The summed E-state index contributed by atoms with van der Waals surface area (Å²) >= 11 is 0. The van der Waals surface area contributed by atoms with E-state index in [1.165, 1.54) is 7.11 Å². The maximum atomic E-state index is 9.31. The molecule has 98 valence electrons. The molecule has 0 rings (SSSR count). The van der Waals surface area contributed by atoms with Crippen LogP contribution in [-0.2, 0) is 14.2 Å². The van der Waals surface area contributed by atoms with Crippen molar-refractivity contribution in [3.05, 3.63) is 0 Å². The van der Waals surface area contributed by atoms with Crippen LogP contribution in [0, 0.1) is 0 Å². The van der Waals surface area contributed by atoms with Gasteiger partial charge in [-0.3, -0.25) is 0 Å². The lowest BCUT2D eigenvalue weighted by molar-refractivity contribution is -0.330. The number of hydrogen-bond acceptors (Lipinski definition) is 6. The molecule has 0 aromatic heterocycles. The Morgan fingerprint density at radius 1 is 1.19 bits per heavy atom. The predicted molar refractivity (Wildman–Crippen MR) is 56.7 cm³/mol. The molecule has 6 nitrogen and oxygen atoms in total. The van der Waals surface area contributed by atoms with Crippen molar-refractivity contribution in [1.29, 1.82) is 0 Å². The summed E-state index contributed by atoms with van der Waals surface area (Å²) in [4.78, 5) is 0. The van der Waals surface area contributed by atoms with Crippen LogP contribution in [0.15, 0.2) is 0 Å². The van der Waals surface area contributed by atoms with Crippen LogP contribution < -0.4 is 0 Å². The molecule has 0 aromatic carbocycles. The summed E-state index contributed by atoms with van der Waals surface area (Å²) in [6, 6.07) is 0. The Bertz CT molecular complexity index is 161. The molecule has 0 saturated heterocycles. The molecule has 0 aromatic rings. The fourth-order valence-corrected chi connectivity index (χ4v) is 1.03. The van der Waals surface area contributed by atoms with Crippen LogP contribution >= 0.6 is 0 Å². The van der Waals surface area contributed by atoms with Crippen LogP contribution in [0.25, 0.3) is 0 Å². The monoisotopic (exact) mass is 238 g/mol. The lowest BCUT2D eigenvalue weighted by Crippen LogP contribution is -2.30. The summed E-state index contributed by atoms with van der Waals surface area (Å²) in [5.41, 5.74) is 0. The highest BCUT2D eigenvalue weighted by molar-refractivity contribution is 4.53. The Hall–Kier alpha value is -0.240. The molecule has 16 heavy (non-hydrogen) atoms. The first-order chi connectivity index (χ1) is 7.52. The molecule has 0 aliphatic rings. The van der Waals surface area contributed by atoms with E-state index in [2.05, 4.69) is 4.74 Å². The summed E-state index contributed by atoms with van der Waals surface area (Å²) < 4.78 is 14.5. The molecule has 1 atom stereocenters. The standard InChI is InChI=1S/C10H22O6/c1-3-15-7-9(11)8-16-6-4-5-10(12,13)14-2/h9,11-13H,3-8H2,1-2H3. The van der Waals surface area contributed by atoms with Crippen molar-refractivity contribution in [3.63, 3.8) is 0 Å². The van der Waals surface area contributed by atoms with Crippen LogP contribution in [0.2, 0.25) is 0 Å². The SMILES string of the molecule is CCOCC(O)COCCCC(O)(O)OC. The lowest BCUT2D eigenvalue weighted by Gasteiger charge is -2.19. The largest absolute Gasteiger partial charge is 0.388 e. The number of aliphatic hydroxyl groups excluding tert-OH is 1. The first-order valence-electron chi connectivity index (χ1n) is 5.35. The van der Waals surface area contributed by atoms with Crippen molar-refractivity contribution in [1.82, 2.24) is 0 Å². The van der Waals surface area contributed by atoms with Crippen LogP contribution in [0.3, 0.4) is 0 Å². The number of ether oxygens (including phenoxy) is 3. The zero-order chi connectivity index (χ0) is 12.4. The third-order valence-corrected chi connectivity index (χ3v) is 1.94. The third-order valence-electron chi connectivity index (χ3n) is 1.94. The average Bonchev–Trinajstić information content (AvgIpc) is 2.25. The van der Waals surface area contributed by atoms with E-state index >= 15 is 0 Å².